The van der Waals surface area contributed by atoms with Crippen molar-refractivity contribution in [1.29, 1.82) is 0 Å². The lowest BCUT2D eigenvalue weighted by Gasteiger charge is -2.40. The molecule has 13 heteroatoms. The Hall–Kier alpha value is -2.89. The van der Waals surface area contributed by atoms with Gasteiger partial charge in [-0.25, -0.2) is 13.6 Å². The lowest BCUT2D eigenvalue weighted by Crippen LogP contribution is -2.46. The molecule has 2 aliphatic rings. The zero-order chi connectivity index (χ0) is 28.6. The van der Waals surface area contributed by atoms with Gasteiger partial charge < -0.3 is 14.9 Å². The summed E-state index contributed by atoms with van der Waals surface area (Å²) in [7, 11) is 0. The van der Waals surface area contributed by atoms with Crippen molar-refractivity contribution in [3.05, 3.63) is 70.5 Å². The molecule has 3 heterocycles. The number of carboxylic acid groups (broad SMARTS) is 1. The van der Waals surface area contributed by atoms with Crippen LogP contribution in [0.4, 0.5) is 27.6 Å². The summed E-state index contributed by atoms with van der Waals surface area (Å²) in [5.41, 5.74) is 2.63. The van der Waals surface area contributed by atoms with Crippen LogP contribution in [0, 0.1) is 0 Å². The maximum atomic E-state index is 13.8. The smallest absolute Gasteiger partial charge is 0.390 e. The minimum Gasteiger partial charge on any atom is -0.478 e. The van der Waals surface area contributed by atoms with E-state index in [2.05, 4.69) is 10.00 Å². The first-order valence-corrected chi connectivity index (χ1v) is 13.4. The number of aromatic carboxylic acids is 1. The van der Waals surface area contributed by atoms with Gasteiger partial charge in [0.2, 0.25) is 0 Å². The quantitative estimate of drug-likeness (QED) is 0.266. The van der Waals surface area contributed by atoms with Crippen molar-refractivity contribution in [1.82, 2.24) is 14.7 Å². The number of hydrogen-bond acceptors (Lipinski definition) is 4. The first kappa shape index (κ1) is 31.1. The second-order valence-corrected chi connectivity index (χ2v) is 10.8. The average molecular weight is 619 g/mol. The van der Waals surface area contributed by atoms with Crippen LogP contribution in [0.1, 0.15) is 59.3 Å². The third-order valence-corrected chi connectivity index (χ3v) is 7.91. The molecule has 2 saturated heterocycles. The number of likely N-dealkylation sites (tertiary alicyclic amines) is 1. The second-order valence-electron chi connectivity index (χ2n) is 10.3. The Morgan fingerprint density at radius 2 is 1.80 bits per heavy atom. The number of rotatable bonds is 8. The van der Waals surface area contributed by atoms with Crippen molar-refractivity contribution >= 4 is 35.7 Å². The minimum atomic E-state index is -4.15. The summed E-state index contributed by atoms with van der Waals surface area (Å²) in [6, 6.07) is 13.0. The van der Waals surface area contributed by atoms with Gasteiger partial charge in [0.1, 0.15) is 11.3 Å². The Bertz CT molecular complexity index is 1360. The molecular weight excluding hydrogens is 590 g/mol. The van der Waals surface area contributed by atoms with Crippen LogP contribution in [0.2, 0.25) is 5.02 Å². The van der Waals surface area contributed by atoms with E-state index in [1.54, 1.807) is 11.0 Å². The first-order valence-electron chi connectivity index (χ1n) is 13.0. The van der Waals surface area contributed by atoms with Gasteiger partial charge in [-0.15, -0.1) is 12.4 Å². The van der Waals surface area contributed by atoms with E-state index in [0.717, 1.165) is 33.3 Å². The molecule has 1 atom stereocenters. The van der Waals surface area contributed by atoms with Gasteiger partial charge in [-0.1, -0.05) is 41.9 Å². The van der Waals surface area contributed by atoms with E-state index in [1.165, 1.54) is 0 Å². The molecule has 1 unspecified atom stereocenters. The van der Waals surface area contributed by atoms with Gasteiger partial charge in [-0.05, 0) is 36.1 Å². The zero-order valence-electron chi connectivity index (χ0n) is 21.8. The predicted molar refractivity (Wildman–Crippen MR) is 149 cm³/mol. The number of benzene rings is 2. The molecule has 0 aliphatic carbocycles. The van der Waals surface area contributed by atoms with E-state index in [-0.39, 0.29) is 24.9 Å². The van der Waals surface area contributed by atoms with Gasteiger partial charge in [-0.3, -0.25) is 4.68 Å². The number of anilines is 1. The molecule has 2 aliphatic heterocycles. The topological polar surface area (TPSA) is 61.6 Å². The van der Waals surface area contributed by atoms with Crippen LogP contribution in [0.25, 0.3) is 11.1 Å². The van der Waals surface area contributed by atoms with Gasteiger partial charge in [0.05, 0.1) is 18.7 Å². The Labute approximate surface area is 245 Å². The lowest BCUT2D eigenvalue weighted by molar-refractivity contribution is -0.140. The van der Waals surface area contributed by atoms with E-state index < -0.39 is 42.3 Å². The molecule has 1 aromatic heterocycles. The lowest BCUT2D eigenvalue weighted by atomic mass is 9.89. The summed E-state index contributed by atoms with van der Waals surface area (Å²) < 4.78 is 66.2. The Morgan fingerprint density at radius 3 is 2.44 bits per heavy atom. The number of nitrogens with zero attached hydrogens (tertiary/aromatic N) is 4. The molecule has 0 spiro atoms. The van der Waals surface area contributed by atoms with Crippen LogP contribution in [-0.2, 0) is 0 Å². The van der Waals surface area contributed by atoms with Gasteiger partial charge in [0.15, 0.2) is 0 Å². The molecule has 2 aromatic carbocycles. The van der Waals surface area contributed by atoms with E-state index in [9.17, 15) is 31.9 Å². The molecule has 5 rings (SSSR count). The van der Waals surface area contributed by atoms with Crippen LogP contribution < -0.4 is 4.90 Å². The largest absolute Gasteiger partial charge is 0.478 e. The normalized spacial score (nSPS) is 18.3. The molecule has 6 nitrogen and oxygen atoms in total. The van der Waals surface area contributed by atoms with Gasteiger partial charge >= 0.3 is 12.1 Å². The fourth-order valence-corrected chi connectivity index (χ4v) is 5.78. The van der Waals surface area contributed by atoms with Crippen molar-refractivity contribution < 1.29 is 31.9 Å². The molecule has 1 N–H and O–H groups in total. The van der Waals surface area contributed by atoms with Crippen LogP contribution >= 0.6 is 24.0 Å². The predicted octanol–water partition coefficient (Wildman–Crippen LogP) is 7.45. The number of alkyl halides is 5. The van der Waals surface area contributed by atoms with E-state index >= 15 is 0 Å². The summed E-state index contributed by atoms with van der Waals surface area (Å²) in [6.45, 7) is 2.21. The van der Waals surface area contributed by atoms with Crippen molar-refractivity contribution in [3.63, 3.8) is 0 Å². The monoisotopic (exact) mass is 618 g/mol. The fraction of sp³-hybridized carbons (Fsp3) is 0.429. The first-order chi connectivity index (χ1) is 19.0. The number of halogens is 7. The Kier molecular flexibility index (Phi) is 9.50. The van der Waals surface area contributed by atoms with Crippen LogP contribution in [0.5, 0.6) is 0 Å². The van der Waals surface area contributed by atoms with Crippen molar-refractivity contribution in [3.8, 4) is 11.1 Å². The number of aromatic nitrogens is 2. The molecule has 0 bridgehead atoms. The van der Waals surface area contributed by atoms with Crippen molar-refractivity contribution in [2.75, 3.05) is 37.6 Å². The van der Waals surface area contributed by atoms with E-state index in [0.29, 0.717) is 44.0 Å². The molecule has 41 heavy (non-hydrogen) atoms. The maximum Gasteiger partial charge on any atom is 0.390 e. The molecule has 222 valence electrons. The summed E-state index contributed by atoms with van der Waals surface area (Å²) >= 11 is 6.36. The summed E-state index contributed by atoms with van der Waals surface area (Å²) in [5, 5.41) is 13.9. The van der Waals surface area contributed by atoms with Gasteiger partial charge in [-0.2, -0.15) is 18.3 Å². The SMILES string of the molecule is Cl.O=C(O)c1cnn(C2CCCN(c3cc(Cl)ccc3-c3ccc(C4CN(CCC(F)(F)F)C4)cc3)C2)c1C(F)F. The highest BCUT2D eigenvalue weighted by atomic mass is 35.5. The van der Waals surface area contributed by atoms with Crippen LogP contribution in [0.3, 0.4) is 0 Å². The minimum absolute atomic E-state index is 0. The fourth-order valence-electron chi connectivity index (χ4n) is 5.61. The second kappa shape index (κ2) is 12.5. The van der Waals surface area contributed by atoms with E-state index in [1.807, 2.05) is 36.4 Å². The zero-order valence-corrected chi connectivity index (χ0v) is 23.4. The molecule has 2 fully saturated rings. The van der Waals surface area contributed by atoms with E-state index in [4.69, 9.17) is 11.6 Å². The Balaban J connectivity index is 0.00000387. The summed E-state index contributed by atoms with van der Waals surface area (Å²) in [5.74, 6) is -1.26. The number of carboxylic acids is 1. The molecule has 0 amide bonds. The molecular formula is C28H29Cl2F5N4O2. The molecule has 0 radical (unpaired) electrons. The average Bonchev–Trinajstić information content (AvgIpc) is 3.34. The maximum absolute atomic E-state index is 13.8. The highest BCUT2D eigenvalue weighted by Gasteiger charge is 2.34. The van der Waals surface area contributed by atoms with Crippen LogP contribution in [-0.4, -0.2) is 64.7 Å². The standard InChI is InChI=1S/C28H28ClF5N4O2.ClH/c29-20-7-8-22(18-5-3-17(4-6-18)19-14-36(15-19)11-9-28(32,33)34)24(12-20)37-10-1-2-21(16-37)38-25(26(30)31)23(13-35-38)27(39)40;/h3-8,12-13,19,21,26H,1-2,9-11,14-16H2,(H,39,40);1H. The summed E-state index contributed by atoms with van der Waals surface area (Å²) in [4.78, 5) is 15.3. The third kappa shape index (κ3) is 6.95. The van der Waals surface area contributed by atoms with Crippen LogP contribution in [0.15, 0.2) is 48.7 Å². The highest BCUT2D eigenvalue weighted by molar-refractivity contribution is 6.31. The summed E-state index contributed by atoms with van der Waals surface area (Å²) in [6.07, 6.45) is -5.69. The highest BCUT2D eigenvalue weighted by Crippen LogP contribution is 2.38. The third-order valence-electron chi connectivity index (χ3n) is 7.68. The number of hydrogen-bond donors (Lipinski definition) is 1. The molecule has 0 saturated carbocycles. The number of piperidine rings is 1. The van der Waals surface area contributed by atoms with Crippen molar-refractivity contribution in [2.45, 2.75) is 43.8 Å². The van der Waals surface area contributed by atoms with Crippen molar-refractivity contribution in [2.24, 2.45) is 0 Å². The molecule has 3 aromatic rings. The number of carbonyl (C=O) groups is 1. The Morgan fingerprint density at radius 1 is 1.10 bits per heavy atom. The van der Waals surface area contributed by atoms with Gasteiger partial charge in [0.25, 0.3) is 6.43 Å². The van der Waals surface area contributed by atoms with Gasteiger partial charge in [0, 0.05) is 54.9 Å².